The van der Waals surface area contributed by atoms with Crippen LogP contribution >= 0.6 is 0 Å². The molecule has 0 fully saturated rings. The lowest BCUT2D eigenvalue weighted by Gasteiger charge is -2.42. The van der Waals surface area contributed by atoms with Crippen molar-refractivity contribution in [1.29, 1.82) is 0 Å². The molecule has 0 aliphatic rings. The SMILES string of the molecule is O=C(CC(NC(=O)C(C(F)(F)F)(C(F)(F)F)C(F)(F)F)(C(F)(F)F)C(F)(F)F)c1ccccc1. The van der Waals surface area contributed by atoms with Gasteiger partial charge >= 0.3 is 36.3 Å². The van der Waals surface area contributed by atoms with Crippen LogP contribution in [0.3, 0.4) is 0 Å². The van der Waals surface area contributed by atoms with E-state index in [2.05, 4.69) is 0 Å². The Morgan fingerprint density at radius 2 is 0.941 bits per heavy atom. The molecule has 0 heterocycles. The Morgan fingerprint density at radius 3 is 1.24 bits per heavy atom. The van der Waals surface area contributed by atoms with Gasteiger partial charge in [-0.25, -0.2) is 0 Å². The Kier molecular flexibility index (Phi) is 7.35. The van der Waals surface area contributed by atoms with Crippen molar-refractivity contribution in [2.24, 2.45) is 5.41 Å². The molecule has 0 saturated heterocycles. The van der Waals surface area contributed by atoms with E-state index in [0.717, 1.165) is 18.2 Å². The van der Waals surface area contributed by atoms with Crippen LogP contribution in [0.1, 0.15) is 16.8 Å². The molecule has 1 rings (SSSR count). The third-order valence-electron chi connectivity index (χ3n) is 4.43. The largest absolute Gasteiger partial charge is 0.421 e. The monoisotopic (exact) mass is 531 g/mol. The first-order valence-electron chi connectivity index (χ1n) is 8.11. The van der Waals surface area contributed by atoms with Crippen LogP contribution in [0.5, 0.6) is 0 Å². The highest BCUT2D eigenvalue weighted by Crippen LogP contribution is 2.60. The Morgan fingerprint density at radius 1 is 0.588 bits per heavy atom. The Bertz CT molecular complexity index is 841. The molecule has 3 nitrogen and oxygen atoms in total. The number of benzene rings is 1. The van der Waals surface area contributed by atoms with E-state index in [0.29, 0.717) is 12.1 Å². The fraction of sp³-hybridized carbons (Fsp3) is 0.500. The van der Waals surface area contributed by atoms with E-state index >= 15 is 0 Å². The van der Waals surface area contributed by atoms with Gasteiger partial charge in [-0.15, -0.1) is 0 Å². The van der Waals surface area contributed by atoms with Crippen molar-refractivity contribution in [3.8, 4) is 0 Å². The van der Waals surface area contributed by atoms with Crippen LogP contribution < -0.4 is 5.32 Å². The van der Waals surface area contributed by atoms with E-state index < -0.39 is 70.8 Å². The van der Waals surface area contributed by atoms with Crippen LogP contribution in [0.15, 0.2) is 30.3 Å². The highest BCUT2D eigenvalue weighted by Gasteiger charge is 2.89. The first kappa shape index (κ1) is 29.3. The topological polar surface area (TPSA) is 46.2 Å². The third kappa shape index (κ3) is 4.75. The molecule has 34 heavy (non-hydrogen) atoms. The molecule has 0 radical (unpaired) electrons. The Balaban J connectivity index is 3.88. The van der Waals surface area contributed by atoms with Gasteiger partial charge < -0.3 is 5.32 Å². The number of Topliss-reactive ketones (excluding diaryl/α,β-unsaturated/α-hetero) is 1. The summed E-state index contributed by atoms with van der Waals surface area (Å²) < 4.78 is 198. The zero-order valence-electron chi connectivity index (χ0n) is 15.6. The van der Waals surface area contributed by atoms with Gasteiger partial charge in [0.15, 0.2) is 5.78 Å². The Hall–Kier alpha value is -2.69. The van der Waals surface area contributed by atoms with E-state index in [9.17, 15) is 75.4 Å². The second kappa shape index (κ2) is 8.51. The Labute approximate surface area is 177 Å². The van der Waals surface area contributed by atoms with E-state index in [1.54, 1.807) is 0 Å². The van der Waals surface area contributed by atoms with Gasteiger partial charge in [0.1, 0.15) is 0 Å². The zero-order valence-corrected chi connectivity index (χ0v) is 15.6. The molecule has 1 amide bonds. The fourth-order valence-electron chi connectivity index (χ4n) is 2.67. The van der Waals surface area contributed by atoms with Gasteiger partial charge in [0.25, 0.3) is 5.91 Å². The second-order valence-electron chi connectivity index (χ2n) is 6.56. The number of hydrogen-bond acceptors (Lipinski definition) is 2. The summed E-state index contributed by atoms with van der Waals surface area (Å²) in [6.07, 6.45) is -40.7. The molecule has 0 aliphatic carbocycles. The maximum absolute atomic E-state index is 13.5. The molecular formula is C16H8F15NO2. The maximum atomic E-state index is 13.5. The van der Waals surface area contributed by atoms with Gasteiger partial charge in [-0.1, -0.05) is 30.3 Å². The predicted octanol–water partition coefficient (Wildman–Crippen LogP) is 5.91. The van der Waals surface area contributed by atoms with Crippen molar-refractivity contribution in [2.75, 3.05) is 0 Å². The highest BCUT2D eigenvalue weighted by atomic mass is 19.4. The number of alkyl halides is 15. The molecule has 1 aromatic rings. The highest BCUT2D eigenvalue weighted by molar-refractivity contribution is 5.97. The summed E-state index contributed by atoms with van der Waals surface area (Å²) >= 11 is 0. The number of rotatable bonds is 5. The van der Waals surface area contributed by atoms with Crippen LogP contribution in [0, 0.1) is 5.41 Å². The zero-order chi connectivity index (χ0) is 27.2. The van der Waals surface area contributed by atoms with Gasteiger partial charge in [0, 0.05) is 5.56 Å². The van der Waals surface area contributed by atoms with Gasteiger partial charge in [0.2, 0.25) is 5.54 Å². The normalized spacial score (nSPS) is 14.7. The quantitative estimate of drug-likeness (QED) is 0.380. The minimum atomic E-state index is -7.81. The first-order valence-corrected chi connectivity index (χ1v) is 8.11. The molecule has 0 aliphatic heterocycles. The molecule has 194 valence electrons. The lowest BCUT2D eigenvalue weighted by atomic mass is 9.81. The molecule has 0 spiro atoms. The van der Waals surface area contributed by atoms with Gasteiger partial charge in [0.05, 0.1) is 6.42 Å². The predicted molar refractivity (Wildman–Crippen MR) is 79.0 cm³/mol. The van der Waals surface area contributed by atoms with Crippen molar-refractivity contribution < 1.29 is 75.4 Å². The van der Waals surface area contributed by atoms with Crippen LogP contribution in [0.25, 0.3) is 0 Å². The first-order chi connectivity index (χ1) is 14.9. The van der Waals surface area contributed by atoms with Crippen molar-refractivity contribution in [1.82, 2.24) is 5.32 Å². The number of hydrogen-bond donors (Lipinski definition) is 1. The molecule has 0 bridgehead atoms. The third-order valence-corrected chi connectivity index (χ3v) is 4.43. The van der Waals surface area contributed by atoms with Gasteiger partial charge in [-0.05, 0) is 0 Å². The summed E-state index contributed by atoms with van der Waals surface area (Å²) in [6, 6.07) is 4.05. The van der Waals surface area contributed by atoms with Crippen molar-refractivity contribution in [3.63, 3.8) is 0 Å². The number of carbonyl (C=O) groups is 2. The van der Waals surface area contributed by atoms with Crippen LogP contribution in [0.4, 0.5) is 65.9 Å². The summed E-state index contributed by atoms with van der Waals surface area (Å²) in [4.78, 5) is 23.6. The lowest BCUT2D eigenvalue weighted by molar-refractivity contribution is -0.409. The van der Waals surface area contributed by atoms with E-state index in [4.69, 9.17) is 0 Å². The summed E-state index contributed by atoms with van der Waals surface area (Å²) in [5.41, 5.74) is -15.0. The molecule has 0 aromatic heterocycles. The maximum Gasteiger partial charge on any atom is 0.421 e. The van der Waals surface area contributed by atoms with Crippen molar-refractivity contribution in [3.05, 3.63) is 35.9 Å². The summed E-state index contributed by atoms with van der Waals surface area (Å²) in [5, 5.41) is -0.798. The van der Waals surface area contributed by atoms with Crippen LogP contribution in [0.2, 0.25) is 0 Å². The number of halogens is 15. The van der Waals surface area contributed by atoms with Crippen molar-refractivity contribution >= 4 is 11.7 Å². The molecule has 18 heteroatoms. The van der Waals surface area contributed by atoms with Crippen molar-refractivity contribution in [2.45, 2.75) is 42.8 Å². The summed E-state index contributed by atoms with van der Waals surface area (Å²) in [6.45, 7) is 0. The second-order valence-corrected chi connectivity index (χ2v) is 6.56. The molecule has 0 unspecified atom stereocenters. The molecular weight excluding hydrogens is 523 g/mol. The fourth-order valence-corrected chi connectivity index (χ4v) is 2.67. The van der Waals surface area contributed by atoms with E-state index in [1.165, 1.54) is 0 Å². The minimum absolute atomic E-state index is 0.590. The molecule has 1 N–H and O–H groups in total. The lowest BCUT2D eigenvalue weighted by Crippen LogP contribution is -2.75. The van der Waals surface area contributed by atoms with Gasteiger partial charge in [-0.3, -0.25) is 9.59 Å². The number of amides is 1. The van der Waals surface area contributed by atoms with Crippen LogP contribution in [-0.4, -0.2) is 48.1 Å². The standard InChI is InChI=1S/C16H8F15NO2/c17-12(18,19)10(13(20,21)22,6-8(33)7-4-2-1-3-5-7)32-9(34)11(14(23,24)25,15(26,27)28)16(29,30)31/h1-5H,6H2,(H,32,34). The van der Waals surface area contributed by atoms with E-state index in [1.807, 2.05) is 0 Å². The molecule has 0 saturated carbocycles. The summed E-state index contributed by atoms with van der Waals surface area (Å²) in [7, 11) is 0. The van der Waals surface area contributed by atoms with E-state index in [-0.39, 0.29) is 0 Å². The van der Waals surface area contributed by atoms with Crippen LogP contribution in [-0.2, 0) is 4.79 Å². The number of nitrogens with one attached hydrogen (secondary N) is 1. The summed E-state index contributed by atoms with van der Waals surface area (Å²) in [5.74, 6) is -7.01. The number of ketones is 1. The molecule has 0 atom stereocenters. The van der Waals surface area contributed by atoms with Gasteiger partial charge in [-0.2, -0.15) is 65.9 Å². The number of carbonyl (C=O) groups excluding carboxylic acids is 2. The minimum Gasteiger partial charge on any atom is -0.333 e. The smallest absolute Gasteiger partial charge is 0.333 e. The average molecular weight is 531 g/mol. The molecule has 1 aromatic carbocycles. The average Bonchev–Trinajstić information content (AvgIpc) is 2.56.